The van der Waals surface area contributed by atoms with Crippen molar-refractivity contribution in [2.45, 2.75) is 83.8 Å². The fraction of sp³-hybridized carbons (Fsp3) is 0.341. The third kappa shape index (κ3) is 11.8. The molecule has 0 bridgehead atoms. The van der Waals surface area contributed by atoms with E-state index in [9.17, 15) is 62.4 Å². The van der Waals surface area contributed by atoms with Gasteiger partial charge in [-0.1, -0.05) is 38.1 Å². The topological polar surface area (TPSA) is 318 Å². The molecule has 2 aliphatic rings. The van der Waals surface area contributed by atoms with Gasteiger partial charge in [0, 0.05) is 79.5 Å². The summed E-state index contributed by atoms with van der Waals surface area (Å²) in [5.41, 5.74) is 1.57. The highest BCUT2D eigenvalue weighted by Gasteiger charge is 2.46. The first-order valence-corrected chi connectivity index (χ1v) is 27.4. The highest BCUT2D eigenvalue weighted by molar-refractivity contribution is 7.95. The average molecular weight is 1040 g/mol. The molecular formula is C41H41N2O18S6-5. The van der Waals surface area contributed by atoms with Crippen molar-refractivity contribution in [3.63, 3.8) is 0 Å². The van der Waals surface area contributed by atoms with Gasteiger partial charge in [-0.3, -0.25) is 10.1 Å². The van der Waals surface area contributed by atoms with Gasteiger partial charge >= 0.3 is 0 Å². The van der Waals surface area contributed by atoms with Crippen molar-refractivity contribution < 1.29 is 85.7 Å². The van der Waals surface area contributed by atoms with Gasteiger partial charge in [0.15, 0.2) is 5.71 Å². The van der Waals surface area contributed by atoms with Gasteiger partial charge in [0.1, 0.15) is 26.8 Å². The Balaban J connectivity index is 1.45. The van der Waals surface area contributed by atoms with Crippen LogP contribution >= 0.6 is 24.1 Å². The molecule has 0 aliphatic carbocycles. The zero-order chi connectivity index (χ0) is 49.3. The number of hydrogen-bond donors (Lipinski definition) is 0. The molecule has 6 rings (SSSR count). The molecule has 0 unspecified atom stereocenters. The summed E-state index contributed by atoms with van der Waals surface area (Å²) in [6.07, 6.45) is 9.21. The molecule has 67 heavy (non-hydrogen) atoms. The van der Waals surface area contributed by atoms with Gasteiger partial charge in [0.05, 0.1) is 59.5 Å². The fourth-order valence-corrected chi connectivity index (χ4v) is 12.3. The second-order valence-electron chi connectivity index (χ2n) is 16.5. The van der Waals surface area contributed by atoms with Crippen LogP contribution in [0.4, 0.5) is 11.4 Å². The second-order valence-corrected chi connectivity index (χ2v) is 23.8. The van der Waals surface area contributed by atoms with Crippen LogP contribution in [-0.2, 0) is 70.0 Å². The smallest absolute Gasteiger partial charge is 0.210 e. The molecule has 4 aromatic carbocycles. The second kappa shape index (κ2) is 20.3. The Labute approximate surface area is 395 Å². The third-order valence-corrected chi connectivity index (χ3v) is 15.8. The van der Waals surface area contributed by atoms with E-state index in [1.807, 2.05) is 37.2 Å². The van der Waals surface area contributed by atoms with Crippen LogP contribution in [0.2, 0.25) is 0 Å². The minimum absolute atomic E-state index is 0.0217. The Kier molecular flexibility index (Phi) is 15.9. The van der Waals surface area contributed by atoms with Crippen molar-refractivity contribution in [3.05, 3.63) is 95.7 Å². The number of rotatable bonds is 21. The summed E-state index contributed by atoms with van der Waals surface area (Å²) in [5, 5.41) is 29.6. The summed E-state index contributed by atoms with van der Waals surface area (Å²) in [6, 6.07) is 11.4. The molecule has 0 atom stereocenters. The third-order valence-electron chi connectivity index (χ3n) is 11.4. The molecular weight excluding hydrogens is 1000 g/mol. The predicted octanol–water partition coefficient (Wildman–Crippen LogP) is 4.08. The van der Waals surface area contributed by atoms with Crippen LogP contribution in [0.15, 0.2) is 104 Å². The first kappa shape index (κ1) is 52.6. The Bertz CT molecular complexity index is 3180. The van der Waals surface area contributed by atoms with Crippen LogP contribution in [-0.4, -0.2) is 86.8 Å². The molecule has 0 saturated heterocycles. The van der Waals surface area contributed by atoms with Crippen molar-refractivity contribution in [2.24, 2.45) is 0 Å². The molecule has 20 nitrogen and oxygen atoms in total. The van der Waals surface area contributed by atoms with E-state index in [0.717, 1.165) is 12.1 Å². The van der Waals surface area contributed by atoms with Gasteiger partial charge in [0.25, 0.3) is 0 Å². The maximum absolute atomic E-state index is 12.8. The summed E-state index contributed by atoms with van der Waals surface area (Å²) < 4.78 is 154. The zero-order valence-electron chi connectivity index (χ0n) is 35.9. The zero-order valence-corrected chi connectivity index (χ0v) is 40.8. The van der Waals surface area contributed by atoms with E-state index in [4.69, 9.17) is 0 Å². The number of benzene rings is 4. The molecule has 0 aromatic heterocycles. The summed E-state index contributed by atoms with van der Waals surface area (Å²) in [7, 11) is -19.1. The first-order valence-electron chi connectivity index (χ1n) is 20.0. The Hall–Kier alpha value is -3.81. The highest BCUT2D eigenvalue weighted by atomic mass is 32.2. The summed E-state index contributed by atoms with van der Waals surface area (Å²) >= 11 is 0.812. The van der Waals surface area contributed by atoms with Crippen LogP contribution in [0.5, 0.6) is 0 Å². The van der Waals surface area contributed by atoms with E-state index < -0.39 is 72.6 Å². The molecule has 0 spiro atoms. The lowest BCUT2D eigenvalue weighted by molar-refractivity contribution is -0.777. The van der Waals surface area contributed by atoms with Gasteiger partial charge in [-0.05, 0) is 91.9 Å². The van der Waals surface area contributed by atoms with E-state index >= 15 is 0 Å². The van der Waals surface area contributed by atoms with Crippen molar-refractivity contribution in [3.8, 4) is 0 Å². The van der Waals surface area contributed by atoms with E-state index in [2.05, 4.69) is 18.7 Å². The minimum atomic E-state index is -5.14. The number of fused-ring (bicyclic) bond motifs is 6. The van der Waals surface area contributed by atoms with Gasteiger partial charge in [-0.2, -0.15) is 13.2 Å². The molecule has 4 aromatic rings. The standard InChI is InChI=1S/C41H46N2O18S6/c1-40(2)34(42(18-8-10-20-64(46,47)48)30-17-15-27-23-29(66(52,53)54)25-32(63-61-59-45)36(27)38(30)40)12-6-5-7-13-35-41(3,4)39-31(43(35)19-9-11-21-65(49,50)51)16-14-26-22-28(62-60-58-44)24-33(37(26)39)67(55,56)57/h5-7,12-17,22-25H,8-11,18-21H2,1-4H3,(H5-,44,45,46,47,48,49,50,51,52,53,54,55,56,57)/p-5. The lowest BCUT2D eigenvalue weighted by atomic mass is 9.79. The van der Waals surface area contributed by atoms with Crippen LogP contribution in [0.1, 0.15) is 64.5 Å². The normalized spacial score (nSPS) is 17.0. The highest BCUT2D eigenvalue weighted by Crippen LogP contribution is 2.53. The lowest BCUT2D eigenvalue weighted by Gasteiger charge is -2.27. The predicted molar refractivity (Wildman–Crippen MR) is 237 cm³/mol. The SMILES string of the molecule is CC1(C)C(=CC=CC=CC2=[N+](CCCCS(=O)(=O)[O-])c3ccc4cc(SOO[O-])cc(S(=O)(=O)[O-])c4c3C2(C)C)N(CCCCS(=O)(=O)[O-])c2ccc3cc(S(=O)(=O)[O-])cc(SOO[O-])c3c21. The Morgan fingerprint density at radius 3 is 1.93 bits per heavy atom. The molecule has 0 radical (unpaired) electrons. The molecule has 2 heterocycles. The fourth-order valence-electron chi connectivity index (χ4n) is 8.78. The van der Waals surface area contributed by atoms with E-state index in [-0.39, 0.29) is 53.9 Å². The van der Waals surface area contributed by atoms with E-state index in [0.29, 0.717) is 74.2 Å². The monoisotopic (exact) mass is 1040 g/mol. The summed E-state index contributed by atoms with van der Waals surface area (Å²) in [6.45, 7) is 7.78. The van der Waals surface area contributed by atoms with Crippen LogP contribution < -0.4 is 15.4 Å². The van der Waals surface area contributed by atoms with Crippen molar-refractivity contribution in [2.75, 3.05) is 29.5 Å². The number of anilines is 1. The molecule has 0 amide bonds. The summed E-state index contributed by atoms with van der Waals surface area (Å²) in [4.78, 5) is 0.917. The Morgan fingerprint density at radius 1 is 0.672 bits per heavy atom. The van der Waals surface area contributed by atoms with Crippen molar-refractivity contribution >= 4 is 103 Å². The first-order chi connectivity index (χ1) is 31.2. The maximum atomic E-state index is 12.8. The number of nitrogens with zero attached hydrogens (tertiary/aromatic N) is 2. The number of hydrogen-bond acceptors (Lipinski definition) is 21. The van der Waals surface area contributed by atoms with Crippen LogP contribution in [0.3, 0.4) is 0 Å². The molecule has 0 fully saturated rings. The van der Waals surface area contributed by atoms with Gasteiger partial charge in [0.2, 0.25) is 5.69 Å². The van der Waals surface area contributed by atoms with Crippen LogP contribution in [0.25, 0.3) is 21.5 Å². The number of allylic oxidation sites excluding steroid dienone is 6. The van der Waals surface area contributed by atoms with E-state index in [1.54, 1.807) is 54.6 Å². The molecule has 364 valence electrons. The molecule has 0 saturated carbocycles. The van der Waals surface area contributed by atoms with E-state index in [1.165, 1.54) is 12.1 Å². The lowest BCUT2D eigenvalue weighted by Crippen LogP contribution is -2.28. The molecule has 0 N–H and O–H groups in total. The number of unbranched alkanes of at least 4 members (excludes halogenated alkanes) is 2. The average Bonchev–Trinajstić information content (AvgIpc) is 3.57. The summed E-state index contributed by atoms with van der Waals surface area (Å²) in [5.74, 6) is -1.20. The quantitative estimate of drug-likeness (QED) is 0.0216. The van der Waals surface area contributed by atoms with Crippen LogP contribution in [0, 0.1) is 0 Å². The van der Waals surface area contributed by atoms with Crippen molar-refractivity contribution in [1.29, 1.82) is 0 Å². The van der Waals surface area contributed by atoms with Gasteiger partial charge in [-0.15, -0.1) is 0 Å². The molecule has 26 heteroatoms. The van der Waals surface area contributed by atoms with Gasteiger partial charge < -0.3 is 33.6 Å². The van der Waals surface area contributed by atoms with Crippen molar-refractivity contribution in [1.82, 2.24) is 0 Å². The largest absolute Gasteiger partial charge is 0.748 e. The minimum Gasteiger partial charge on any atom is -0.748 e. The maximum Gasteiger partial charge on any atom is 0.210 e. The Morgan fingerprint density at radius 2 is 1.30 bits per heavy atom. The molecule has 2 aliphatic heterocycles. The van der Waals surface area contributed by atoms with Gasteiger partial charge in [-0.25, -0.2) is 33.7 Å².